The van der Waals surface area contributed by atoms with Gasteiger partial charge in [0.1, 0.15) is 0 Å². The zero-order chi connectivity index (χ0) is 15.6. The molecule has 116 valence electrons. The minimum absolute atomic E-state index is 0.379. The molecule has 0 unspecified atom stereocenters. The van der Waals surface area contributed by atoms with E-state index in [2.05, 4.69) is 34.7 Å². The zero-order valence-electron chi connectivity index (χ0n) is 12.0. The molecular formula is C15H18BrF3N2. The van der Waals surface area contributed by atoms with Crippen molar-refractivity contribution in [3.05, 3.63) is 41.6 Å². The second-order valence-corrected chi connectivity index (χ2v) is 5.98. The van der Waals surface area contributed by atoms with Gasteiger partial charge in [0.25, 0.3) is 0 Å². The molecule has 1 aromatic carbocycles. The van der Waals surface area contributed by atoms with Gasteiger partial charge in [0.15, 0.2) is 0 Å². The number of halogens is 4. The summed E-state index contributed by atoms with van der Waals surface area (Å²) in [5, 5.41) is 0.757. The van der Waals surface area contributed by atoms with Crippen molar-refractivity contribution in [1.29, 1.82) is 0 Å². The van der Waals surface area contributed by atoms with Crippen LogP contribution < -0.4 is 4.90 Å². The fraction of sp³-hybridized carbons (Fsp3) is 0.467. The molecule has 0 saturated heterocycles. The maximum atomic E-state index is 12.6. The van der Waals surface area contributed by atoms with Crippen molar-refractivity contribution in [1.82, 2.24) is 4.90 Å². The van der Waals surface area contributed by atoms with Gasteiger partial charge >= 0.3 is 6.18 Å². The van der Waals surface area contributed by atoms with Crippen LogP contribution >= 0.6 is 15.9 Å². The van der Waals surface area contributed by atoms with Crippen molar-refractivity contribution >= 4 is 21.6 Å². The first-order chi connectivity index (χ1) is 9.81. The van der Waals surface area contributed by atoms with Crippen molar-refractivity contribution in [2.24, 2.45) is 0 Å². The molecule has 2 nitrogen and oxygen atoms in total. The third kappa shape index (κ3) is 4.01. The van der Waals surface area contributed by atoms with Crippen LogP contribution in [-0.2, 0) is 6.18 Å². The average Bonchev–Trinajstić information content (AvgIpc) is 2.46. The van der Waals surface area contributed by atoms with Gasteiger partial charge in [-0.1, -0.05) is 15.9 Å². The van der Waals surface area contributed by atoms with E-state index in [4.69, 9.17) is 0 Å². The fourth-order valence-electron chi connectivity index (χ4n) is 2.23. The molecule has 0 amide bonds. The molecule has 1 aliphatic heterocycles. The van der Waals surface area contributed by atoms with Gasteiger partial charge in [-0.15, -0.1) is 0 Å². The monoisotopic (exact) mass is 362 g/mol. The number of alkyl halides is 4. The van der Waals surface area contributed by atoms with E-state index < -0.39 is 11.7 Å². The van der Waals surface area contributed by atoms with Crippen LogP contribution in [0.15, 0.2) is 36.0 Å². The largest absolute Gasteiger partial charge is 0.416 e. The molecule has 1 heterocycles. The van der Waals surface area contributed by atoms with Gasteiger partial charge in [0.2, 0.25) is 0 Å². The highest BCUT2D eigenvalue weighted by Crippen LogP contribution is 2.31. The number of nitrogens with zero attached hydrogens (tertiary/aromatic N) is 2. The highest BCUT2D eigenvalue weighted by molar-refractivity contribution is 9.09. The highest BCUT2D eigenvalue weighted by atomic mass is 79.9. The van der Waals surface area contributed by atoms with Gasteiger partial charge in [-0.05, 0) is 43.7 Å². The van der Waals surface area contributed by atoms with Crippen LogP contribution in [-0.4, -0.2) is 29.5 Å². The van der Waals surface area contributed by atoms with E-state index >= 15 is 0 Å². The Labute approximate surface area is 131 Å². The number of hydrogen-bond donors (Lipinski definition) is 0. The van der Waals surface area contributed by atoms with Crippen LogP contribution in [0.2, 0.25) is 0 Å². The van der Waals surface area contributed by atoms with E-state index in [1.165, 1.54) is 17.7 Å². The summed E-state index contributed by atoms with van der Waals surface area (Å²) in [5.74, 6) is 0. The van der Waals surface area contributed by atoms with E-state index in [-0.39, 0.29) is 0 Å². The maximum absolute atomic E-state index is 12.6. The van der Waals surface area contributed by atoms with Crippen LogP contribution in [0.1, 0.15) is 19.4 Å². The topological polar surface area (TPSA) is 6.48 Å². The predicted octanol–water partition coefficient (Wildman–Crippen LogP) is 4.47. The molecule has 0 aromatic heterocycles. The van der Waals surface area contributed by atoms with Gasteiger partial charge in [0, 0.05) is 29.8 Å². The first kappa shape index (κ1) is 16.4. The van der Waals surface area contributed by atoms with E-state index in [1.807, 2.05) is 11.1 Å². The van der Waals surface area contributed by atoms with Crippen LogP contribution in [0, 0.1) is 0 Å². The first-order valence-corrected chi connectivity index (χ1v) is 7.87. The minimum Gasteiger partial charge on any atom is -0.334 e. The van der Waals surface area contributed by atoms with Crippen LogP contribution in [0.5, 0.6) is 0 Å². The molecule has 0 atom stereocenters. The van der Waals surface area contributed by atoms with Crippen LogP contribution in [0.25, 0.3) is 0 Å². The molecule has 0 saturated carbocycles. The minimum atomic E-state index is -4.29. The zero-order valence-corrected chi connectivity index (χ0v) is 13.6. The SMILES string of the molecule is CC(C)N1CC(CBr)=CN(c2ccc(C(F)(F)F)cc2)C1. The Balaban J connectivity index is 2.24. The molecule has 21 heavy (non-hydrogen) atoms. The highest BCUT2D eigenvalue weighted by Gasteiger charge is 2.30. The summed E-state index contributed by atoms with van der Waals surface area (Å²) in [6, 6.07) is 5.69. The Kier molecular flexibility index (Phi) is 4.99. The number of rotatable bonds is 3. The molecule has 0 aliphatic carbocycles. The van der Waals surface area contributed by atoms with Gasteiger partial charge in [0.05, 0.1) is 12.2 Å². The smallest absolute Gasteiger partial charge is 0.334 e. The van der Waals surface area contributed by atoms with E-state index in [1.54, 1.807) is 0 Å². The Bertz CT molecular complexity index is 509. The van der Waals surface area contributed by atoms with Crippen LogP contribution in [0.4, 0.5) is 18.9 Å². The normalized spacial score (nSPS) is 17.3. The lowest BCUT2D eigenvalue weighted by molar-refractivity contribution is -0.137. The molecular weight excluding hydrogens is 345 g/mol. The van der Waals surface area contributed by atoms with Crippen molar-refractivity contribution < 1.29 is 13.2 Å². The second kappa shape index (κ2) is 6.40. The van der Waals surface area contributed by atoms with Gasteiger partial charge in [-0.25, -0.2) is 0 Å². The van der Waals surface area contributed by atoms with Gasteiger partial charge in [-0.2, -0.15) is 13.2 Å². The van der Waals surface area contributed by atoms with Gasteiger partial charge in [-0.3, -0.25) is 4.90 Å². The number of anilines is 1. The lowest BCUT2D eigenvalue weighted by Gasteiger charge is -2.37. The summed E-state index contributed by atoms with van der Waals surface area (Å²) in [6.45, 7) is 5.78. The third-order valence-corrected chi connectivity index (χ3v) is 4.23. The Morgan fingerprint density at radius 1 is 1.19 bits per heavy atom. The van der Waals surface area contributed by atoms with Crippen molar-refractivity contribution in [2.75, 3.05) is 23.4 Å². The molecule has 1 aliphatic rings. The van der Waals surface area contributed by atoms with E-state index in [0.717, 1.165) is 29.7 Å². The molecule has 0 fully saturated rings. The molecule has 2 rings (SSSR count). The summed E-state index contributed by atoms with van der Waals surface area (Å²) in [7, 11) is 0. The lowest BCUT2D eigenvalue weighted by atomic mass is 10.1. The maximum Gasteiger partial charge on any atom is 0.416 e. The van der Waals surface area contributed by atoms with E-state index in [0.29, 0.717) is 12.7 Å². The lowest BCUT2D eigenvalue weighted by Crippen LogP contribution is -2.44. The summed E-state index contributed by atoms with van der Waals surface area (Å²) < 4.78 is 37.8. The molecule has 6 heteroatoms. The second-order valence-electron chi connectivity index (χ2n) is 5.42. The summed E-state index contributed by atoms with van der Waals surface area (Å²) in [4.78, 5) is 4.26. The number of hydrogen-bond acceptors (Lipinski definition) is 2. The summed E-state index contributed by atoms with van der Waals surface area (Å²) in [5.41, 5.74) is 1.36. The molecule has 0 N–H and O–H groups in total. The van der Waals surface area contributed by atoms with Crippen LogP contribution in [0.3, 0.4) is 0 Å². The summed E-state index contributed by atoms with van der Waals surface area (Å²) in [6.07, 6.45) is -2.28. The molecule has 0 spiro atoms. The van der Waals surface area contributed by atoms with Crippen molar-refractivity contribution in [3.63, 3.8) is 0 Å². The third-order valence-electron chi connectivity index (χ3n) is 3.51. The molecule has 0 radical (unpaired) electrons. The van der Waals surface area contributed by atoms with Gasteiger partial charge < -0.3 is 4.90 Å². The standard InChI is InChI=1S/C15H18BrF3N2/c1-11(2)20-8-12(7-16)9-21(10-20)14-5-3-13(4-6-14)15(17,18)19/h3-6,9,11H,7-8,10H2,1-2H3. The fourth-order valence-corrected chi connectivity index (χ4v) is 2.55. The quantitative estimate of drug-likeness (QED) is 0.731. The Hall–Kier alpha value is -1.01. The Morgan fingerprint density at radius 2 is 1.81 bits per heavy atom. The van der Waals surface area contributed by atoms with Crippen molar-refractivity contribution in [3.8, 4) is 0 Å². The van der Waals surface area contributed by atoms with E-state index in [9.17, 15) is 13.2 Å². The number of benzene rings is 1. The first-order valence-electron chi connectivity index (χ1n) is 6.74. The average molecular weight is 363 g/mol. The van der Waals surface area contributed by atoms with Crippen molar-refractivity contribution in [2.45, 2.75) is 26.1 Å². The molecule has 1 aromatic rings. The predicted molar refractivity (Wildman–Crippen MR) is 82.5 cm³/mol. The molecule has 0 bridgehead atoms. The summed E-state index contributed by atoms with van der Waals surface area (Å²) >= 11 is 3.45. The Morgan fingerprint density at radius 3 is 2.29 bits per heavy atom.